The second kappa shape index (κ2) is 11.1. The second-order valence-electron chi connectivity index (χ2n) is 4.86. The molecule has 8 N–H and O–H groups in total. The van der Waals surface area contributed by atoms with Crippen LogP contribution in [0.15, 0.2) is 23.2 Å². The Kier molecular flexibility index (Phi) is 10.4. The number of carboxylic acids is 1. The molecule has 23 heavy (non-hydrogen) atoms. The van der Waals surface area contributed by atoms with Crippen molar-refractivity contribution in [3.05, 3.63) is 23.8 Å². The Labute approximate surface area is 156 Å². The summed E-state index contributed by atoms with van der Waals surface area (Å²) in [6.45, 7) is 0.768. The average molecular weight is 333 g/mol. The maximum Gasteiger partial charge on any atom is 0.320 e. The first-order valence-electron chi connectivity index (χ1n) is 6.92. The normalized spacial score (nSPS) is 11.3. The van der Waals surface area contributed by atoms with E-state index in [9.17, 15) is 15.0 Å². The summed E-state index contributed by atoms with van der Waals surface area (Å²) in [6.07, 6.45) is 1.39. The topological polar surface area (TPSA) is 154 Å². The molecule has 0 saturated carbocycles. The number of aromatic hydroxyl groups is 2. The van der Waals surface area contributed by atoms with E-state index in [4.69, 9.17) is 16.6 Å². The number of nitrogens with two attached hydrogens (primary N) is 2. The number of benzene rings is 1. The Hall–Kier alpha value is -1.48. The Morgan fingerprint density at radius 2 is 2.00 bits per heavy atom. The molecule has 0 aliphatic carbocycles. The fourth-order valence-electron chi connectivity index (χ4n) is 1.96. The number of hydrogen-bond acceptors (Lipinski definition) is 5. The van der Waals surface area contributed by atoms with Crippen molar-refractivity contribution in [1.82, 2.24) is 5.32 Å². The van der Waals surface area contributed by atoms with Crippen molar-refractivity contribution in [2.45, 2.75) is 25.3 Å². The van der Waals surface area contributed by atoms with Crippen LogP contribution in [0, 0.1) is 0 Å². The van der Waals surface area contributed by atoms with Gasteiger partial charge in [-0.15, -0.1) is 0 Å². The van der Waals surface area contributed by atoms with Crippen molar-refractivity contribution in [2.24, 2.45) is 16.5 Å². The summed E-state index contributed by atoms with van der Waals surface area (Å²) in [5.41, 5.74) is 11.0. The van der Waals surface area contributed by atoms with Gasteiger partial charge in [-0.25, -0.2) is 0 Å². The summed E-state index contributed by atoms with van der Waals surface area (Å²) in [6, 6.07) is 3.62. The van der Waals surface area contributed by atoms with E-state index in [2.05, 4.69) is 10.3 Å². The molecule has 0 amide bonds. The van der Waals surface area contributed by atoms with E-state index in [0.717, 1.165) is 0 Å². The first-order chi connectivity index (χ1) is 10.4. The van der Waals surface area contributed by atoms with E-state index in [0.29, 0.717) is 37.9 Å². The van der Waals surface area contributed by atoms with Gasteiger partial charge in [-0.3, -0.25) is 9.79 Å². The van der Waals surface area contributed by atoms with E-state index < -0.39 is 12.0 Å². The molecule has 0 heterocycles. The maximum atomic E-state index is 11.2. The van der Waals surface area contributed by atoms with Crippen LogP contribution in [0.5, 0.6) is 11.5 Å². The van der Waals surface area contributed by atoms with Gasteiger partial charge in [-0.1, -0.05) is 6.07 Å². The van der Waals surface area contributed by atoms with Crippen molar-refractivity contribution < 1.29 is 20.1 Å². The SMILES string of the molecule is NC(N)=NCCC[C@H](NCCc1ccc(O)cc1O)C(=O)O.[Na]. The van der Waals surface area contributed by atoms with Gasteiger partial charge >= 0.3 is 5.97 Å². The summed E-state index contributed by atoms with van der Waals surface area (Å²) in [5.74, 6) is -0.985. The molecule has 0 bridgehead atoms. The predicted octanol–water partition coefficient (Wildman–Crippen LogP) is -0.644. The third kappa shape index (κ3) is 8.65. The van der Waals surface area contributed by atoms with Crippen molar-refractivity contribution >= 4 is 41.5 Å². The first-order valence-corrected chi connectivity index (χ1v) is 6.92. The largest absolute Gasteiger partial charge is 0.508 e. The van der Waals surface area contributed by atoms with Gasteiger partial charge < -0.3 is 32.1 Å². The van der Waals surface area contributed by atoms with Crippen LogP contribution in [0.2, 0.25) is 0 Å². The third-order valence-corrected chi connectivity index (χ3v) is 3.10. The molecule has 0 spiro atoms. The van der Waals surface area contributed by atoms with Gasteiger partial charge in [0.05, 0.1) is 0 Å². The fourth-order valence-corrected chi connectivity index (χ4v) is 1.96. The van der Waals surface area contributed by atoms with E-state index in [1.54, 1.807) is 6.07 Å². The van der Waals surface area contributed by atoms with Gasteiger partial charge in [0.15, 0.2) is 5.96 Å². The van der Waals surface area contributed by atoms with Crippen LogP contribution in [-0.2, 0) is 11.2 Å². The number of aliphatic imine (C=N–C) groups is 1. The fraction of sp³-hybridized carbons (Fsp3) is 0.429. The van der Waals surface area contributed by atoms with Gasteiger partial charge in [0.2, 0.25) is 0 Å². The minimum Gasteiger partial charge on any atom is -0.508 e. The summed E-state index contributed by atoms with van der Waals surface area (Å²) < 4.78 is 0. The van der Waals surface area contributed by atoms with Crippen LogP contribution < -0.4 is 16.8 Å². The Balaban J connectivity index is 0.00000484. The molecule has 123 valence electrons. The number of aliphatic carboxylic acids is 1. The molecular weight excluding hydrogens is 311 g/mol. The Bertz CT molecular complexity index is 536. The number of phenols is 2. The summed E-state index contributed by atoms with van der Waals surface area (Å²) in [7, 11) is 0. The van der Waals surface area contributed by atoms with Crippen LogP contribution >= 0.6 is 0 Å². The molecule has 1 atom stereocenters. The van der Waals surface area contributed by atoms with Crippen LogP contribution in [0.25, 0.3) is 0 Å². The molecule has 0 aromatic heterocycles. The average Bonchev–Trinajstić information content (AvgIpc) is 2.42. The summed E-state index contributed by atoms with van der Waals surface area (Å²) in [5, 5.41) is 30.9. The van der Waals surface area contributed by atoms with Gasteiger partial charge in [-0.2, -0.15) is 0 Å². The Morgan fingerprint density at radius 1 is 1.30 bits per heavy atom. The van der Waals surface area contributed by atoms with Crippen LogP contribution in [0.3, 0.4) is 0 Å². The van der Waals surface area contributed by atoms with E-state index >= 15 is 0 Å². The van der Waals surface area contributed by atoms with Crippen LogP contribution in [0.4, 0.5) is 0 Å². The molecule has 0 aliphatic heterocycles. The van der Waals surface area contributed by atoms with Gasteiger partial charge in [-0.05, 0) is 30.9 Å². The number of nitrogens with one attached hydrogen (secondary N) is 1. The van der Waals surface area contributed by atoms with Crippen molar-refractivity contribution in [2.75, 3.05) is 13.1 Å². The van der Waals surface area contributed by atoms with Crippen LogP contribution in [0.1, 0.15) is 18.4 Å². The molecule has 0 saturated heterocycles. The molecule has 1 rings (SSSR count). The molecule has 0 aliphatic rings. The minimum atomic E-state index is -0.945. The number of nitrogens with zero attached hydrogens (tertiary/aromatic N) is 1. The molecule has 0 unspecified atom stereocenters. The molecule has 1 aromatic carbocycles. The molecule has 1 aromatic rings. The third-order valence-electron chi connectivity index (χ3n) is 3.10. The van der Waals surface area contributed by atoms with E-state index in [1.165, 1.54) is 12.1 Å². The zero-order chi connectivity index (χ0) is 16.5. The molecular formula is C14H22N4NaO4. The van der Waals surface area contributed by atoms with E-state index in [-0.39, 0.29) is 47.0 Å². The smallest absolute Gasteiger partial charge is 0.320 e. The van der Waals surface area contributed by atoms with Gasteiger partial charge in [0.25, 0.3) is 0 Å². The second-order valence-corrected chi connectivity index (χ2v) is 4.86. The van der Waals surface area contributed by atoms with Crippen molar-refractivity contribution in [1.29, 1.82) is 0 Å². The van der Waals surface area contributed by atoms with Gasteiger partial charge in [0.1, 0.15) is 17.5 Å². The monoisotopic (exact) mass is 333 g/mol. The number of hydrogen-bond donors (Lipinski definition) is 6. The van der Waals surface area contributed by atoms with Crippen LogP contribution in [-0.4, -0.2) is 75.9 Å². The molecule has 1 radical (unpaired) electrons. The van der Waals surface area contributed by atoms with Gasteiger partial charge in [0, 0.05) is 48.7 Å². The number of phenolic OH excluding ortho intramolecular Hbond substituents is 2. The summed E-state index contributed by atoms with van der Waals surface area (Å²) in [4.78, 5) is 14.9. The molecule has 0 fully saturated rings. The minimum absolute atomic E-state index is 0. The summed E-state index contributed by atoms with van der Waals surface area (Å²) >= 11 is 0. The maximum absolute atomic E-state index is 11.2. The number of carbonyl (C=O) groups is 1. The Morgan fingerprint density at radius 3 is 2.57 bits per heavy atom. The standard InChI is InChI=1S/C14H22N4O4.Na/c15-14(16)18-6-1-2-11(13(21)22)17-7-5-9-3-4-10(19)8-12(9)20;/h3-4,8,11,17,19-20H,1-2,5-7H2,(H,21,22)(H4,15,16,18);/t11-;/m0./s1. The van der Waals surface area contributed by atoms with Crippen molar-refractivity contribution in [3.8, 4) is 11.5 Å². The zero-order valence-electron chi connectivity index (χ0n) is 13.2. The first kappa shape index (κ1) is 21.5. The predicted molar refractivity (Wildman–Crippen MR) is 88.6 cm³/mol. The van der Waals surface area contributed by atoms with Crippen molar-refractivity contribution in [3.63, 3.8) is 0 Å². The van der Waals surface area contributed by atoms with E-state index in [1.807, 2.05) is 0 Å². The number of carboxylic acid groups (broad SMARTS) is 1. The molecule has 9 heteroatoms. The quantitative estimate of drug-likeness (QED) is 0.152. The number of guanidine groups is 1. The number of rotatable bonds is 9. The molecule has 8 nitrogen and oxygen atoms in total. The zero-order valence-corrected chi connectivity index (χ0v) is 15.2.